The van der Waals surface area contributed by atoms with E-state index in [0.29, 0.717) is 5.75 Å². The number of carbonyl (C=O) groups is 2. The van der Waals surface area contributed by atoms with E-state index in [1.54, 1.807) is 0 Å². The first kappa shape index (κ1) is 18.3. The Kier molecular flexibility index (Phi) is 6.64. The lowest BCUT2D eigenvalue weighted by atomic mass is 10.0. The van der Waals surface area contributed by atoms with Crippen molar-refractivity contribution < 1.29 is 14.3 Å². The van der Waals surface area contributed by atoms with Crippen molar-refractivity contribution in [3.63, 3.8) is 0 Å². The highest BCUT2D eigenvalue weighted by Gasteiger charge is 2.21. The molecule has 2 amide bonds. The van der Waals surface area contributed by atoms with Crippen molar-refractivity contribution in [2.24, 2.45) is 5.92 Å². The van der Waals surface area contributed by atoms with Crippen LogP contribution in [-0.2, 0) is 9.59 Å². The van der Waals surface area contributed by atoms with Gasteiger partial charge in [-0.3, -0.25) is 9.59 Å². The average molecular weight is 332 g/mol. The van der Waals surface area contributed by atoms with Gasteiger partial charge in [0.05, 0.1) is 6.04 Å². The standard InChI is InChI=1S/C19H28N2O3/c1-4-16(20-19(23)14(2)3)15-9-5-6-10-17(15)24-13-18(22)21-11-7-8-12-21/h5-6,9-10,14,16H,4,7-8,11-13H2,1-3H3,(H,20,23)/t16-/m0/s1. The molecule has 1 aliphatic heterocycles. The summed E-state index contributed by atoms with van der Waals surface area (Å²) in [5.74, 6) is 0.649. The number of nitrogens with one attached hydrogen (secondary N) is 1. The predicted molar refractivity (Wildman–Crippen MR) is 93.8 cm³/mol. The van der Waals surface area contributed by atoms with Crippen molar-refractivity contribution in [3.05, 3.63) is 29.8 Å². The van der Waals surface area contributed by atoms with E-state index in [4.69, 9.17) is 4.74 Å². The third-order valence-corrected chi connectivity index (χ3v) is 4.35. The first-order valence-corrected chi connectivity index (χ1v) is 8.82. The van der Waals surface area contributed by atoms with Crippen LogP contribution in [0.5, 0.6) is 5.75 Å². The summed E-state index contributed by atoms with van der Waals surface area (Å²) < 4.78 is 5.79. The van der Waals surface area contributed by atoms with E-state index in [0.717, 1.165) is 37.9 Å². The Morgan fingerprint density at radius 3 is 2.50 bits per heavy atom. The quantitative estimate of drug-likeness (QED) is 0.835. The van der Waals surface area contributed by atoms with Gasteiger partial charge in [0.2, 0.25) is 5.91 Å². The van der Waals surface area contributed by atoms with E-state index < -0.39 is 0 Å². The molecular formula is C19H28N2O3. The number of nitrogens with zero attached hydrogens (tertiary/aromatic N) is 1. The van der Waals surface area contributed by atoms with Crippen LogP contribution >= 0.6 is 0 Å². The summed E-state index contributed by atoms with van der Waals surface area (Å²) in [5, 5.41) is 3.05. The number of likely N-dealkylation sites (tertiary alicyclic amines) is 1. The topological polar surface area (TPSA) is 58.6 Å². The number of amides is 2. The summed E-state index contributed by atoms with van der Waals surface area (Å²) >= 11 is 0. The molecule has 0 bridgehead atoms. The molecule has 1 atom stereocenters. The van der Waals surface area contributed by atoms with E-state index in [1.807, 2.05) is 49.9 Å². The van der Waals surface area contributed by atoms with Gasteiger partial charge in [-0.2, -0.15) is 0 Å². The molecule has 0 aliphatic carbocycles. The molecule has 1 fully saturated rings. The number of hydrogen-bond acceptors (Lipinski definition) is 3. The van der Waals surface area contributed by atoms with Gasteiger partial charge in [0.1, 0.15) is 5.75 Å². The number of carbonyl (C=O) groups excluding carboxylic acids is 2. The summed E-state index contributed by atoms with van der Waals surface area (Å²) in [6.45, 7) is 7.47. The largest absolute Gasteiger partial charge is 0.483 e. The molecule has 1 aromatic carbocycles. The van der Waals surface area contributed by atoms with Crippen LogP contribution in [0.25, 0.3) is 0 Å². The Morgan fingerprint density at radius 2 is 1.88 bits per heavy atom. The summed E-state index contributed by atoms with van der Waals surface area (Å²) in [5.41, 5.74) is 0.920. The van der Waals surface area contributed by atoms with Crippen molar-refractivity contribution in [2.45, 2.75) is 46.1 Å². The maximum absolute atomic E-state index is 12.2. The molecule has 1 aromatic rings. The smallest absolute Gasteiger partial charge is 0.260 e. The number of ether oxygens (including phenoxy) is 1. The van der Waals surface area contributed by atoms with Crippen molar-refractivity contribution in [1.29, 1.82) is 0 Å². The molecule has 0 unspecified atom stereocenters. The summed E-state index contributed by atoms with van der Waals surface area (Å²) in [4.78, 5) is 26.0. The molecule has 1 aliphatic rings. The summed E-state index contributed by atoms with van der Waals surface area (Å²) in [7, 11) is 0. The third-order valence-electron chi connectivity index (χ3n) is 4.35. The highest BCUT2D eigenvalue weighted by atomic mass is 16.5. The van der Waals surface area contributed by atoms with E-state index >= 15 is 0 Å². The van der Waals surface area contributed by atoms with Gasteiger partial charge < -0.3 is 15.0 Å². The minimum absolute atomic E-state index is 0.0183. The van der Waals surface area contributed by atoms with Gasteiger partial charge in [-0.1, -0.05) is 39.0 Å². The van der Waals surface area contributed by atoms with Gasteiger partial charge in [0, 0.05) is 24.6 Å². The second-order valence-corrected chi connectivity index (χ2v) is 6.54. The van der Waals surface area contributed by atoms with Gasteiger partial charge in [0.15, 0.2) is 6.61 Å². The maximum Gasteiger partial charge on any atom is 0.260 e. The highest BCUT2D eigenvalue weighted by Crippen LogP contribution is 2.27. The zero-order valence-electron chi connectivity index (χ0n) is 14.9. The maximum atomic E-state index is 12.2. The van der Waals surface area contributed by atoms with Crippen LogP contribution in [0.2, 0.25) is 0 Å². The molecule has 2 rings (SSSR count). The number of rotatable bonds is 7. The van der Waals surface area contributed by atoms with E-state index in [2.05, 4.69) is 5.32 Å². The van der Waals surface area contributed by atoms with Crippen LogP contribution in [-0.4, -0.2) is 36.4 Å². The molecule has 24 heavy (non-hydrogen) atoms. The fourth-order valence-electron chi connectivity index (χ4n) is 2.84. The average Bonchev–Trinajstić information content (AvgIpc) is 3.12. The Bertz CT molecular complexity index is 565. The molecule has 0 saturated carbocycles. The second kappa shape index (κ2) is 8.71. The molecule has 5 heteroatoms. The second-order valence-electron chi connectivity index (χ2n) is 6.54. The molecule has 1 heterocycles. The Hall–Kier alpha value is -2.04. The van der Waals surface area contributed by atoms with Crippen molar-refractivity contribution in [1.82, 2.24) is 10.2 Å². The number of hydrogen-bond donors (Lipinski definition) is 1. The molecule has 0 radical (unpaired) electrons. The first-order chi connectivity index (χ1) is 11.5. The zero-order valence-corrected chi connectivity index (χ0v) is 14.9. The molecule has 0 spiro atoms. The number of benzene rings is 1. The predicted octanol–water partition coefficient (Wildman–Crippen LogP) is 2.91. The summed E-state index contributed by atoms with van der Waals surface area (Å²) in [6, 6.07) is 7.50. The van der Waals surface area contributed by atoms with E-state index in [-0.39, 0.29) is 30.4 Å². The van der Waals surface area contributed by atoms with E-state index in [9.17, 15) is 9.59 Å². The Labute approximate surface area is 144 Å². The molecule has 1 N–H and O–H groups in total. The molecule has 0 aromatic heterocycles. The van der Waals surface area contributed by atoms with Gasteiger partial charge >= 0.3 is 0 Å². The van der Waals surface area contributed by atoms with Gasteiger partial charge in [-0.05, 0) is 25.3 Å². The lowest BCUT2D eigenvalue weighted by Crippen LogP contribution is -2.33. The minimum Gasteiger partial charge on any atom is -0.483 e. The van der Waals surface area contributed by atoms with Crippen molar-refractivity contribution in [2.75, 3.05) is 19.7 Å². The molecule has 5 nitrogen and oxygen atoms in total. The fraction of sp³-hybridized carbons (Fsp3) is 0.579. The normalized spacial score (nSPS) is 15.4. The van der Waals surface area contributed by atoms with Crippen molar-refractivity contribution in [3.8, 4) is 5.75 Å². The highest BCUT2D eigenvalue weighted by molar-refractivity contribution is 5.79. The summed E-state index contributed by atoms with van der Waals surface area (Å²) in [6.07, 6.45) is 2.90. The van der Waals surface area contributed by atoms with Crippen LogP contribution < -0.4 is 10.1 Å². The van der Waals surface area contributed by atoms with Gasteiger partial charge in [-0.25, -0.2) is 0 Å². The van der Waals surface area contributed by atoms with Crippen molar-refractivity contribution >= 4 is 11.8 Å². The lowest BCUT2D eigenvalue weighted by Gasteiger charge is -2.22. The Balaban J connectivity index is 2.04. The van der Waals surface area contributed by atoms with E-state index in [1.165, 1.54) is 0 Å². The van der Waals surface area contributed by atoms with Crippen LogP contribution in [0.15, 0.2) is 24.3 Å². The zero-order chi connectivity index (χ0) is 17.5. The monoisotopic (exact) mass is 332 g/mol. The molecule has 1 saturated heterocycles. The minimum atomic E-state index is -0.113. The van der Waals surface area contributed by atoms with Crippen LogP contribution in [0, 0.1) is 5.92 Å². The fourth-order valence-corrected chi connectivity index (χ4v) is 2.84. The first-order valence-electron chi connectivity index (χ1n) is 8.82. The lowest BCUT2D eigenvalue weighted by molar-refractivity contribution is -0.132. The molecule has 132 valence electrons. The van der Waals surface area contributed by atoms with Gasteiger partial charge in [0.25, 0.3) is 5.91 Å². The van der Waals surface area contributed by atoms with Crippen LogP contribution in [0.4, 0.5) is 0 Å². The van der Waals surface area contributed by atoms with Crippen LogP contribution in [0.1, 0.15) is 51.6 Å². The third kappa shape index (κ3) is 4.73. The number of para-hydroxylation sites is 1. The van der Waals surface area contributed by atoms with Crippen LogP contribution in [0.3, 0.4) is 0 Å². The Morgan fingerprint density at radius 1 is 1.21 bits per heavy atom. The van der Waals surface area contributed by atoms with Gasteiger partial charge in [-0.15, -0.1) is 0 Å². The SMILES string of the molecule is CC[C@H](NC(=O)C(C)C)c1ccccc1OCC(=O)N1CCCC1. The molecular weight excluding hydrogens is 304 g/mol.